The SMILES string of the molecule is CCOc1ccc(NC(=O)C(N)C2CCOCC2)c(C)c1.Cl. The molecule has 1 aromatic rings. The van der Waals surface area contributed by atoms with Crippen LogP contribution in [0.2, 0.25) is 0 Å². The number of nitrogens with one attached hydrogen (secondary N) is 1. The second-order valence-corrected chi connectivity index (χ2v) is 5.37. The van der Waals surface area contributed by atoms with Crippen molar-refractivity contribution >= 4 is 24.0 Å². The van der Waals surface area contributed by atoms with Gasteiger partial charge in [0.05, 0.1) is 12.6 Å². The van der Waals surface area contributed by atoms with Crippen LogP contribution in [0.5, 0.6) is 5.75 Å². The molecule has 6 heteroatoms. The molecule has 0 saturated carbocycles. The minimum Gasteiger partial charge on any atom is -0.494 e. The van der Waals surface area contributed by atoms with E-state index in [4.69, 9.17) is 15.2 Å². The fourth-order valence-corrected chi connectivity index (χ4v) is 2.54. The largest absolute Gasteiger partial charge is 0.494 e. The highest BCUT2D eigenvalue weighted by atomic mass is 35.5. The maximum absolute atomic E-state index is 12.3. The Hall–Kier alpha value is -1.30. The van der Waals surface area contributed by atoms with E-state index in [9.17, 15) is 4.79 Å². The van der Waals surface area contributed by atoms with Crippen LogP contribution in [0.4, 0.5) is 5.69 Å². The number of amides is 1. The smallest absolute Gasteiger partial charge is 0.241 e. The monoisotopic (exact) mass is 328 g/mol. The van der Waals surface area contributed by atoms with Crippen LogP contribution in [0, 0.1) is 12.8 Å². The molecule has 1 atom stereocenters. The van der Waals surface area contributed by atoms with E-state index in [1.807, 2.05) is 32.0 Å². The van der Waals surface area contributed by atoms with Crippen molar-refractivity contribution in [3.8, 4) is 5.75 Å². The van der Waals surface area contributed by atoms with Gasteiger partial charge in [-0.1, -0.05) is 0 Å². The van der Waals surface area contributed by atoms with Crippen molar-refractivity contribution in [2.24, 2.45) is 11.7 Å². The zero-order chi connectivity index (χ0) is 15.2. The lowest BCUT2D eigenvalue weighted by molar-refractivity contribution is -0.119. The zero-order valence-corrected chi connectivity index (χ0v) is 13.9. The molecule has 1 aliphatic rings. The number of carbonyl (C=O) groups is 1. The van der Waals surface area contributed by atoms with Gasteiger partial charge < -0.3 is 20.5 Å². The number of aryl methyl sites for hydroxylation is 1. The Morgan fingerprint density at radius 3 is 2.73 bits per heavy atom. The summed E-state index contributed by atoms with van der Waals surface area (Å²) in [6.07, 6.45) is 1.69. The molecule has 0 spiro atoms. The maximum atomic E-state index is 12.3. The minimum atomic E-state index is -0.486. The van der Waals surface area contributed by atoms with Crippen LogP contribution in [0.25, 0.3) is 0 Å². The van der Waals surface area contributed by atoms with E-state index in [-0.39, 0.29) is 24.2 Å². The van der Waals surface area contributed by atoms with E-state index in [1.165, 1.54) is 0 Å². The standard InChI is InChI=1S/C16H24N2O3.ClH/c1-3-21-13-4-5-14(11(2)10-13)18-16(19)15(17)12-6-8-20-9-7-12;/h4-5,10,12,15H,3,6-9,17H2,1-2H3,(H,18,19);1H. The van der Waals surface area contributed by atoms with Gasteiger partial charge in [0.1, 0.15) is 5.75 Å². The number of rotatable bonds is 5. The first-order chi connectivity index (χ1) is 10.1. The first kappa shape index (κ1) is 18.7. The summed E-state index contributed by atoms with van der Waals surface area (Å²) in [7, 11) is 0. The van der Waals surface area contributed by atoms with E-state index < -0.39 is 6.04 Å². The molecule has 0 bridgehead atoms. The number of benzene rings is 1. The van der Waals surface area contributed by atoms with Crippen LogP contribution in [-0.2, 0) is 9.53 Å². The normalized spacial score (nSPS) is 16.5. The van der Waals surface area contributed by atoms with Crippen LogP contribution in [0.15, 0.2) is 18.2 Å². The van der Waals surface area contributed by atoms with E-state index in [1.54, 1.807) is 0 Å². The van der Waals surface area contributed by atoms with Gasteiger partial charge >= 0.3 is 0 Å². The van der Waals surface area contributed by atoms with Gasteiger partial charge in [0.15, 0.2) is 0 Å². The molecule has 22 heavy (non-hydrogen) atoms. The number of ether oxygens (including phenoxy) is 2. The number of hydrogen-bond donors (Lipinski definition) is 2. The van der Waals surface area contributed by atoms with Crippen molar-refractivity contribution in [2.75, 3.05) is 25.1 Å². The Kier molecular flexibility index (Phi) is 7.65. The summed E-state index contributed by atoms with van der Waals surface area (Å²) in [5, 5.41) is 2.92. The fourth-order valence-electron chi connectivity index (χ4n) is 2.54. The van der Waals surface area contributed by atoms with Crippen LogP contribution in [0.1, 0.15) is 25.3 Å². The molecule has 1 unspecified atom stereocenters. The summed E-state index contributed by atoms with van der Waals surface area (Å²) < 4.78 is 10.7. The molecule has 3 N–H and O–H groups in total. The van der Waals surface area contributed by atoms with Gasteiger partial charge in [0, 0.05) is 18.9 Å². The van der Waals surface area contributed by atoms with E-state index >= 15 is 0 Å². The highest BCUT2D eigenvalue weighted by Gasteiger charge is 2.26. The molecule has 5 nitrogen and oxygen atoms in total. The Morgan fingerprint density at radius 2 is 2.14 bits per heavy atom. The summed E-state index contributed by atoms with van der Waals surface area (Å²) in [4.78, 5) is 12.3. The predicted molar refractivity (Wildman–Crippen MR) is 89.7 cm³/mol. The summed E-state index contributed by atoms with van der Waals surface area (Å²) in [6.45, 7) is 5.89. The van der Waals surface area contributed by atoms with Gasteiger partial charge in [0.2, 0.25) is 5.91 Å². The van der Waals surface area contributed by atoms with Crippen molar-refractivity contribution < 1.29 is 14.3 Å². The maximum Gasteiger partial charge on any atom is 0.241 e. The Labute approximate surface area is 138 Å². The summed E-state index contributed by atoms with van der Waals surface area (Å²) >= 11 is 0. The van der Waals surface area contributed by atoms with E-state index in [2.05, 4.69) is 5.32 Å². The van der Waals surface area contributed by atoms with Gasteiger partial charge in [-0.25, -0.2) is 0 Å². The zero-order valence-electron chi connectivity index (χ0n) is 13.1. The summed E-state index contributed by atoms with van der Waals surface area (Å²) in [5.41, 5.74) is 7.82. The topological polar surface area (TPSA) is 73.6 Å². The number of nitrogens with two attached hydrogens (primary N) is 1. The average molecular weight is 329 g/mol. The molecule has 1 heterocycles. The Bertz CT molecular complexity index is 490. The van der Waals surface area contributed by atoms with Crippen LogP contribution in [-0.4, -0.2) is 31.8 Å². The third kappa shape index (κ3) is 4.87. The number of anilines is 1. The van der Waals surface area contributed by atoms with Crippen molar-refractivity contribution in [2.45, 2.75) is 32.7 Å². The van der Waals surface area contributed by atoms with Gasteiger partial charge in [-0.05, 0) is 56.4 Å². The molecular formula is C16H25ClN2O3. The second-order valence-electron chi connectivity index (χ2n) is 5.37. The molecule has 1 fully saturated rings. The van der Waals surface area contributed by atoms with E-state index in [0.29, 0.717) is 19.8 Å². The van der Waals surface area contributed by atoms with Crippen LogP contribution >= 0.6 is 12.4 Å². The third-order valence-corrected chi connectivity index (χ3v) is 3.84. The van der Waals surface area contributed by atoms with Gasteiger partial charge in [-0.3, -0.25) is 4.79 Å². The molecule has 0 radical (unpaired) electrons. The van der Waals surface area contributed by atoms with Gasteiger partial charge in [-0.2, -0.15) is 0 Å². The first-order valence-electron chi connectivity index (χ1n) is 7.49. The quantitative estimate of drug-likeness (QED) is 0.871. The molecule has 2 rings (SSSR count). The number of hydrogen-bond acceptors (Lipinski definition) is 4. The predicted octanol–water partition coefficient (Wildman–Crippen LogP) is 2.51. The number of carbonyl (C=O) groups excluding carboxylic acids is 1. The van der Waals surface area contributed by atoms with Crippen LogP contribution < -0.4 is 15.8 Å². The van der Waals surface area contributed by atoms with E-state index in [0.717, 1.165) is 29.8 Å². The lowest BCUT2D eigenvalue weighted by Gasteiger charge is -2.27. The fraction of sp³-hybridized carbons (Fsp3) is 0.562. The highest BCUT2D eigenvalue weighted by Crippen LogP contribution is 2.23. The second kappa shape index (κ2) is 8.98. The molecule has 124 valence electrons. The lowest BCUT2D eigenvalue weighted by atomic mass is 9.92. The Morgan fingerprint density at radius 1 is 1.45 bits per heavy atom. The molecule has 0 aliphatic carbocycles. The lowest BCUT2D eigenvalue weighted by Crippen LogP contribution is -2.44. The summed E-state index contributed by atoms with van der Waals surface area (Å²) in [6, 6.07) is 5.14. The molecule has 1 amide bonds. The molecule has 1 saturated heterocycles. The summed E-state index contributed by atoms with van der Waals surface area (Å²) in [5.74, 6) is 0.873. The Balaban J connectivity index is 0.00000242. The first-order valence-corrected chi connectivity index (χ1v) is 7.49. The van der Waals surface area contributed by atoms with Gasteiger partial charge in [-0.15, -0.1) is 12.4 Å². The average Bonchev–Trinajstić information content (AvgIpc) is 2.50. The van der Waals surface area contributed by atoms with Crippen molar-refractivity contribution in [3.05, 3.63) is 23.8 Å². The molecule has 1 aliphatic heterocycles. The minimum absolute atomic E-state index is 0. The molecule has 1 aromatic carbocycles. The molecular weight excluding hydrogens is 304 g/mol. The molecule has 0 aromatic heterocycles. The third-order valence-electron chi connectivity index (χ3n) is 3.84. The van der Waals surface area contributed by atoms with Crippen molar-refractivity contribution in [1.82, 2.24) is 0 Å². The van der Waals surface area contributed by atoms with Crippen molar-refractivity contribution in [3.63, 3.8) is 0 Å². The van der Waals surface area contributed by atoms with Gasteiger partial charge in [0.25, 0.3) is 0 Å². The number of halogens is 1. The van der Waals surface area contributed by atoms with Crippen LogP contribution in [0.3, 0.4) is 0 Å². The van der Waals surface area contributed by atoms with Crippen molar-refractivity contribution in [1.29, 1.82) is 0 Å². The highest BCUT2D eigenvalue weighted by molar-refractivity contribution is 5.95.